The van der Waals surface area contributed by atoms with Gasteiger partial charge in [0.05, 0.1) is 11.1 Å². The van der Waals surface area contributed by atoms with E-state index in [0.717, 1.165) is 21.3 Å². The molecule has 0 bridgehead atoms. The second kappa shape index (κ2) is 5.80. The number of nitrogens with zero attached hydrogens (tertiary/aromatic N) is 1. The number of aryl methyl sites for hydroxylation is 1. The molecule has 0 fully saturated rings. The van der Waals surface area contributed by atoms with Crippen molar-refractivity contribution in [2.75, 3.05) is 0 Å². The number of hydrogen-bond acceptors (Lipinski definition) is 3. The molecule has 0 amide bonds. The van der Waals surface area contributed by atoms with Crippen LogP contribution < -0.4 is 11.3 Å². The first kappa shape index (κ1) is 13.5. The van der Waals surface area contributed by atoms with Gasteiger partial charge in [0, 0.05) is 16.4 Å². The van der Waals surface area contributed by atoms with E-state index < -0.39 is 0 Å². The van der Waals surface area contributed by atoms with Crippen molar-refractivity contribution in [3.8, 4) is 0 Å². The van der Waals surface area contributed by atoms with Crippen molar-refractivity contribution in [2.45, 2.75) is 13.0 Å². The third-order valence-electron chi connectivity index (χ3n) is 2.73. The molecule has 3 N–H and O–H groups in total. The van der Waals surface area contributed by atoms with E-state index in [1.165, 1.54) is 0 Å². The summed E-state index contributed by atoms with van der Waals surface area (Å²) in [6.45, 7) is 1.95. The van der Waals surface area contributed by atoms with Gasteiger partial charge in [-0.15, -0.1) is 0 Å². The summed E-state index contributed by atoms with van der Waals surface area (Å²) < 4.78 is 0.849. The van der Waals surface area contributed by atoms with Gasteiger partial charge in [-0.1, -0.05) is 29.8 Å². The Morgan fingerprint density at radius 2 is 2.11 bits per heavy atom. The Hall–Kier alpha value is -0.940. The Morgan fingerprint density at radius 3 is 2.72 bits per heavy atom. The Balaban J connectivity index is 2.45. The van der Waals surface area contributed by atoms with Gasteiger partial charge in [0.15, 0.2) is 0 Å². The van der Waals surface area contributed by atoms with Crippen LogP contribution >= 0.6 is 27.5 Å². The normalized spacial score (nSPS) is 12.4. The maximum atomic E-state index is 6.29. The van der Waals surface area contributed by atoms with Gasteiger partial charge in [0.25, 0.3) is 0 Å². The van der Waals surface area contributed by atoms with Crippen LogP contribution in [0, 0.1) is 6.92 Å². The largest absolute Gasteiger partial charge is 0.271 e. The first-order chi connectivity index (χ1) is 8.63. The van der Waals surface area contributed by atoms with Crippen LogP contribution in [0.2, 0.25) is 5.02 Å². The Morgan fingerprint density at radius 1 is 1.33 bits per heavy atom. The molecule has 1 heterocycles. The topological polar surface area (TPSA) is 50.9 Å². The lowest BCUT2D eigenvalue weighted by Gasteiger charge is -2.18. The smallest absolute Gasteiger partial charge is 0.0739 e. The van der Waals surface area contributed by atoms with Gasteiger partial charge >= 0.3 is 0 Å². The van der Waals surface area contributed by atoms with Crippen molar-refractivity contribution in [3.63, 3.8) is 0 Å². The summed E-state index contributed by atoms with van der Waals surface area (Å²) in [5.41, 5.74) is 5.64. The number of rotatable bonds is 3. The monoisotopic (exact) mass is 325 g/mol. The third-order valence-corrected chi connectivity index (χ3v) is 4.04. The van der Waals surface area contributed by atoms with Gasteiger partial charge in [0.1, 0.15) is 0 Å². The molecule has 1 atom stereocenters. The lowest BCUT2D eigenvalue weighted by Crippen LogP contribution is -2.29. The summed E-state index contributed by atoms with van der Waals surface area (Å²) in [5.74, 6) is 5.64. The lowest BCUT2D eigenvalue weighted by atomic mass is 10.0. The van der Waals surface area contributed by atoms with Crippen LogP contribution in [0.5, 0.6) is 0 Å². The molecule has 0 aliphatic rings. The summed E-state index contributed by atoms with van der Waals surface area (Å²) >= 11 is 9.70. The van der Waals surface area contributed by atoms with Crippen molar-refractivity contribution in [2.24, 2.45) is 5.84 Å². The fourth-order valence-corrected chi connectivity index (χ4v) is 2.38. The highest BCUT2D eigenvalue weighted by molar-refractivity contribution is 9.10. The summed E-state index contributed by atoms with van der Waals surface area (Å²) in [6, 6.07) is 9.53. The zero-order chi connectivity index (χ0) is 13.1. The fourth-order valence-electron chi connectivity index (χ4n) is 1.76. The summed E-state index contributed by atoms with van der Waals surface area (Å²) in [7, 11) is 0. The zero-order valence-electron chi connectivity index (χ0n) is 9.82. The van der Waals surface area contributed by atoms with Crippen LogP contribution in [-0.4, -0.2) is 4.98 Å². The second-order valence-electron chi connectivity index (χ2n) is 3.98. The molecule has 0 aliphatic heterocycles. The highest BCUT2D eigenvalue weighted by Crippen LogP contribution is 2.32. The lowest BCUT2D eigenvalue weighted by molar-refractivity contribution is 0.634. The van der Waals surface area contributed by atoms with E-state index in [4.69, 9.17) is 17.4 Å². The molecule has 0 radical (unpaired) electrons. The fraction of sp³-hybridized carbons (Fsp3) is 0.154. The molecule has 0 saturated heterocycles. The molecular weight excluding hydrogens is 314 g/mol. The van der Waals surface area contributed by atoms with Gasteiger partial charge in [-0.2, -0.15) is 0 Å². The SMILES string of the molecule is Cc1ccc(C(NN)c2cccc(Br)c2Cl)cn1. The number of nitrogens with two attached hydrogens (primary N) is 1. The van der Waals surface area contributed by atoms with Crippen molar-refractivity contribution in [3.05, 3.63) is 62.8 Å². The number of benzene rings is 1. The van der Waals surface area contributed by atoms with E-state index in [2.05, 4.69) is 26.3 Å². The standard InChI is InChI=1S/C13H13BrClN3/c1-8-5-6-9(7-17-8)13(18-16)10-3-2-4-11(14)12(10)15/h2-7,13,18H,16H2,1H3. The summed E-state index contributed by atoms with van der Waals surface area (Å²) in [5, 5.41) is 0.654. The minimum atomic E-state index is -0.178. The number of aromatic nitrogens is 1. The first-order valence-electron chi connectivity index (χ1n) is 5.46. The van der Waals surface area contributed by atoms with Crippen LogP contribution in [0.25, 0.3) is 0 Å². The van der Waals surface area contributed by atoms with E-state index >= 15 is 0 Å². The zero-order valence-corrected chi connectivity index (χ0v) is 12.2. The average molecular weight is 327 g/mol. The second-order valence-corrected chi connectivity index (χ2v) is 5.21. The quantitative estimate of drug-likeness (QED) is 0.672. The van der Waals surface area contributed by atoms with Crippen molar-refractivity contribution in [1.29, 1.82) is 0 Å². The Kier molecular flexibility index (Phi) is 4.35. The minimum absolute atomic E-state index is 0.178. The van der Waals surface area contributed by atoms with E-state index in [1.54, 1.807) is 6.20 Å². The number of hydrogen-bond donors (Lipinski definition) is 2. The van der Waals surface area contributed by atoms with Crippen LogP contribution in [0.3, 0.4) is 0 Å². The molecule has 1 unspecified atom stereocenters. The van der Waals surface area contributed by atoms with Crippen molar-refractivity contribution < 1.29 is 0 Å². The minimum Gasteiger partial charge on any atom is -0.271 e. The Bertz CT molecular complexity index is 542. The number of halogens is 2. The van der Waals surface area contributed by atoms with Gasteiger partial charge in [-0.25, -0.2) is 5.43 Å². The van der Waals surface area contributed by atoms with E-state index in [-0.39, 0.29) is 6.04 Å². The molecule has 2 rings (SSSR count). The molecule has 3 nitrogen and oxygen atoms in total. The molecule has 2 aromatic rings. The van der Waals surface area contributed by atoms with Crippen molar-refractivity contribution >= 4 is 27.5 Å². The predicted molar refractivity (Wildman–Crippen MR) is 77.3 cm³/mol. The maximum absolute atomic E-state index is 6.29. The summed E-state index contributed by atoms with van der Waals surface area (Å²) in [6.07, 6.45) is 1.80. The highest BCUT2D eigenvalue weighted by Gasteiger charge is 2.17. The maximum Gasteiger partial charge on any atom is 0.0739 e. The van der Waals surface area contributed by atoms with E-state index in [9.17, 15) is 0 Å². The molecule has 1 aromatic carbocycles. The molecule has 94 valence electrons. The number of pyridine rings is 1. The van der Waals surface area contributed by atoms with Gasteiger partial charge < -0.3 is 0 Å². The van der Waals surface area contributed by atoms with Gasteiger partial charge in [-0.3, -0.25) is 10.8 Å². The van der Waals surface area contributed by atoms with Crippen LogP contribution in [0.1, 0.15) is 22.9 Å². The van der Waals surface area contributed by atoms with Crippen molar-refractivity contribution in [1.82, 2.24) is 10.4 Å². The molecular formula is C13H13BrClN3. The number of hydrazine groups is 1. The molecule has 0 aliphatic carbocycles. The summed E-state index contributed by atoms with van der Waals surface area (Å²) in [4.78, 5) is 4.28. The molecule has 18 heavy (non-hydrogen) atoms. The van der Waals surface area contributed by atoms with Crippen LogP contribution in [0.4, 0.5) is 0 Å². The molecule has 1 aromatic heterocycles. The highest BCUT2D eigenvalue weighted by atomic mass is 79.9. The third kappa shape index (κ3) is 2.72. The molecule has 0 saturated carbocycles. The number of nitrogens with one attached hydrogen (secondary N) is 1. The Labute approximate surface area is 119 Å². The van der Waals surface area contributed by atoms with E-state index in [1.807, 2.05) is 37.3 Å². The van der Waals surface area contributed by atoms with Gasteiger partial charge in [0.2, 0.25) is 0 Å². The van der Waals surface area contributed by atoms with E-state index in [0.29, 0.717) is 5.02 Å². The predicted octanol–water partition coefficient (Wildman–Crippen LogP) is 3.36. The average Bonchev–Trinajstić information content (AvgIpc) is 2.37. The molecule has 0 spiro atoms. The first-order valence-corrected chi connectivity index (χ1v) is 6.63. The van der Waals surface area contributed by atoms with Crippen LogP contribution in [0.15, 0.2) is 41.0 Å². The van der Waals surface area contributed by atoms with Gasteiger partial charge in [-0.05, 0) is 46.1 Å². The molecule has 5 heteroatoms. The van der Waals surface area contributed by atoms with Crippen LogP contribution in [-0.2, 0) is 0 Å².